The summed E-state index contributed by atoms with van der Waals surface area (Å²) in [4.78, 5) is 22.8. The van der Waals surface area contributed by atoms with Gasteiger partial charge in [-0.2, -0.15) is 0 Å². The van der Waals surface area contributed by atoms with Crippen molar-refractivity contribution in [2.75, 3.05) is 0 Å². The summed E-state index contributed by atoms with van der Waals surface area (Å²) < 4.78 is 29.8. The molecule has 0 unspecified atom stereocenters. The summed E-state index contributed by atoms with van der Waals surface area (Å²) in [5.74, 6) is -2.54. The van der Waals surface area contributed by atoms with Crippen molar-refractivity contribution in [2.45, 2.75) is 37.5 Å². The molecule has 8 N–H and O–H groups in total. The first-order valence-corrected chi connectivity index (χ1v) is 12.2. The van der Waals surface area contributed by atoms with Gasteiger partial charge >= 0.3 is 103 Å². The normalized spacial score (nSPS) is 9.85. The van der Waals surface area contributed by atoms with Crippen LogP contribution in [-0.4, -0.2) is 51.4 Å². The smallest absolute Gasteiger partial charge is 0.545 e. The Morgan fingerprint density at radius 2 is 0.854 bits per heavy atom. The molecule has 4 aromatic rings. The molecule has 41 heavy (non-hydrogen) atoms. The van der Waals surface area contributed by atoms with Crippen LogP contribution in [0.1, 0.15) is 43.5 Å². The number of sulfone groups is 1. The molecule has 0 saturated heterocycles. The van der Waals surface area contributed by atoms with Gasteiger partial charge in [0, 0.05) is 45.3 Å². The number of hydrogen-bond acceptors (Lipinski definition) is 6. The first kappa shape index (κ1) is 44.4. The predicted molar refractivity (Wildman–Crippen MR) is 139 cm³/mol. The van der Waals surface area contributed by atoms with Crippen LogP contribution in [-0.2, 0) is 9.84 Å². The summed E-state index contributed by atoms with van der Waals surface area (Å²) in [6, 6.07) is 15.4. The molecular weight excluding hydrogens is 611 g/mol. The van der Waals surface area contributed by atoms with E-state index in [1.807, 2.05) is 0 Å². The van der Waals surface area contributed by atoms with Crippen LogP contribution in [0, 0.1) is 27.7 Å². The molecule has 15 heteroatoms. The van der Waals surface area contributed by atoms with Crippen molar-refractivity contribution >= 4 is 21.8 Å². The number of carbonyl (C=O) groups excluding carboxylic acids is 2. The first-order valence-electron chi connectivity index (χ1n) is 10.7. The van der Waals surface area contributed by atoms with Gasteiger partial charge in [-0.25, -0.2) is 8.42 Å². The quantitative estimate of drug-likeness (QED) is 0.185. The summed E-state index contributed by atoms with van der Waals surface area (Å²) in [7, 11) is -3.82. The zero-order valence-electron chi connectivity index (χ0n) is 23.5. The number of hydrogen-bond donors (Lipinski definition) is 0. The number of carbonyl (C=O) groups is 2. The fraction of sp³-hybridized carbons (Fsp3) is 0.154. The molecule has 0 spiro atoms. The number of benzene rings is 2. The molecule has 0 aliphatic heterocycles. The maximum atomic E-state index is 13.2. The van der Waals surface area contributed by atoms with Crippen molar-refractivity contribution in [1.82, 2.24) is 9.13 Å². The van der Waals surface area contributed by atoms with Gasteiger partial charge in [0.25, 0.3) is 0 Å². The third-order valence-electron chi connectivity index (χ3n) is 6.11. The maximum absolute atomic E-state index is 13.2. The number of nitrogens with zero attached hydrogens (tertiary/aromatic N) is 2. The summed E-state index contributed by atoms with van der Waals surface area (Å²) in [5.41, 5.74) is 3.78. The van der Waals surface area contributed by atoms with E-state index in [1.165, 1.54) is 36.4 Å². The summed E-state index contributed by atoms with van der Waals surface area (Å²) in [6.45, 7) is 6.84. The zero-order chi connectivity index (χ0) is 25.7. The second-order valence-electron chi connectivity index (χ2n) is 8.31. The van der Waals surface area contributed by atoms with Crippen molar-refractivity contribution in [3.63, 3.8) is 0 Å². The van der Waals surface area contributed by atoms with Gasteiger partial charge in [0.2, 0.25) is 9.84 Å². The van der Waals surface area contributed by atoms with Crippen molar-refractivity contribution in [3.05, 3.63) is 94.6 Å². The molecule has 0 amide bonds. The predicted octanol–water partition coefficient (Wildman–Crippen LogP) is -7.23. The Kier molecular flexibility index (Phi) is 18.8. The van der Waals surface area contributed by atoms with E-state index in [1.54, 1.807) is 61.1 Å². The fourth-order valence-electron chi connectivity index (χ4n) is 4.42. The van der Waals surface area contributed by atoms with Crippen LogP contribution < -0.4 is 113 Å². The Hall–Kier alpha value is -0.997. The monoisotopic (exact) mass is 640 g/mol. The minimum atomic E-state index is -3.82. The minimum Gasteiger partial charge on any atom is -0.545 e. The molecule has 2 aromatic heterocycles. The summed E-state index contributed by atoms with van der Waals surface area (Å²) in [5, 5.41) is 22.6. The van der Waals surface area contributed by atoms with E-state index in [2.05, 4.69) is 0 Å². The largest absolute Gasteiger partial charge is 1.00 e. The Morgan fingerprint density at radius 3 is 1.07 bits per heavy atom. The topological polar surface area (TPSA) is 250 Å². The Bertz CT molecular complexity index is 1480. The van der Waals surface area contributed by atoms with Crippen LogP contribution in [0.15, 0.2) is 70.5 Å². The van der Waals surface area contributed by atoms with E-state index in [0.29, 0.717) is 34.2 Å². The number of aromatic nitrogens is 2. The van der Waals surface area contributed by atoms with Crippen LogP contribution in [0.3, 0.4) is 0 Å². The van der Waals surface area contributed by atoms with Crippen LogP contribution in [0.2, 0.25) is 0 Å². The van der Waals surface area contributed by atoms with Crippen molar-refractivity contribution < 1.29 is 153 Å². The minimum absolute atomic E-state index is 0. The van der Waals surface area contributed by atoms with E-state index >= 15 is 0 Å². The summed E-state index contributed by atoms with van der Waals surface area (Å²) in [6.07, 6.45) is 0. The van der Waals surface area contributed by atoms with Gasteiger partial charge in [-0.3, -0.25) is 0 Å². The van der Waals surface area contributed by atoms with Gasteiger partial charge in [-0.05, 0) is 88.4 Å². The molecule has 2 heterocycles. The second kappa shape index (κ2) is 17.3. The molecule has 2 aromatic carbocycles. The van der Waals surface area contributed by atoms with E-state index in [-0.39, 0.29) is 146 Å². The molecule has 0 fully saturated rings. The van der Waals surface area contributed by atoms with Crippen LogP contribution in [0.4, 0.5) is 0 Å². The standard InChI is InChI=1S/C26H24N2O6S.2K.4H2O/c1-15-13-23(25(29)30)17(3)27(15)19-5-9-21(10-6-19)35(33,34)22-11-7-20(8-12-22)28-16(2)14-24(18(28)4)26(31)32;;;;;;/h5-14H,1-4H3,(H,29,30)(H,31,32);;;4*1H2/q;2*+1;;;;/p-2. The molecule has 0 aliphatic rings. The number of rotatable bonds is 6. The fourth-order valence-corrected chi connectivity index (χ4v) is 5.68. The average Bonchev–Trinajstić information content (AvgIpc) is 3.28. The van der Waals surface area contributed by atoms with Crippen LogP contribution in [0.25, 0.3) is 11.4 Å². The SMILES string of the molecule is Cc1cc(C(=O)[O-])c(C)n1-c1ccc(S(=O)(=O)c2ccc(-n3c(C)cc(C(=O)[O-])c3C)cc2)cc1.O.O.O.O.[K+].[K+]. The first-order chi connectivity index (χ1) is 16.4. The molecule has 12 nitrogen and oxygen atoms in total. The number of aryl methyl sites for hydroxylation is 2. The Balaban J connectivity index is -0.00000241. The zero-order valence-corrected chi connectivity index (χ0v) is 30.6. The second-order valence-corrected chi connectivity index (χ2v) is 10.3. The molecule has 4 rings (SSSR count). The molecule has 212 valence electrons. The van der Waals surface area contributed by atoms with Gasteiger partial charge in [-0.15, -0.1) is 0 Å². The average molecular weight is 641 g/mol. The molecule has 0 saturated carbocycles. The number of carboxylic acids is 2. The van der Waals surface area contributed by atoms with Gasteiger partial charge < -0.3 is 50.8 Å². The van der Waals surface area contributed by atoms with Gasteiger partial charge in [0.05, 0.1) is 21.7 Å². The number of aromatic carboxylic acids is 2. The van der Waals surface area contributed by atoms with Gasteiger partial charge in [-0.1, -0.05) is 0 Å². The third kappa shape index (κ3) is 8.56. The van der Waals surface area contributed by atoms with E-state index < -0.39 is 21.8 Å². The summed E-state index contributed by atoms with van der Waals surface area (Å²) >= 11 is 0. The number of carboxylic acid groups (broad SMARTS) is 2. The molecule has 0 atom stereocenters. The van der Waals surface area contributed by atoms with Crippen molar-refractivity contribution in [2.24, 2.45) is 0 Å². The molecule has 0 radical (unpaired) electrons. The Morgan fingerprint density at radius 1 is 0.585 bits per heavy atom. The maximum Gasteiger partial charge on any atom is 1.00 e. The molecule has 0 bridgehead atoms. The molecular formula is C26H30K2N2O10S. The van der Waals surface area contributed by atoms with Crippen molar-refractivity contribution in [3.8, 4) is 11.4 Å². The Labute approximate surface area is 322 Å². The van der Waals surface area contributed by atoms with Crippen LogP contribution >= 0.6 is 0 Å². The van der Waals surface area contributed by atoms with Crippen LogP contribution in [0.5, 0.6) is 0 Å². The van der Waals surface area contributed by atoms with E-state index in [4.69, 9.17) is 0 Å². The van der Waals surface area contributed by atoms with E-state index in [0.717, 1.165) is 0 Å². The van der Waals surface area contributed by atoms with Gasteiger partial charge in [0.1, 0.15) is 0 Å². The third-order valence-corrected chi connectivity index (χ3v) is 7.90. The van der Waals surface area contributed by atoms with E-state index in [9.17, 15) is 28.2 Å². The van der Waals surface area contributed by atoms with Crippen molar-refractivity contribution in [1.29, 1.82) is 0 Å². The van der Waals surface area contributed by atoms with Gasteiger partial charge in [0.15, 0.2) is 0 Å². The molecule has 0 aliphatic carbocycles.